The number of rotatable bonds is 2. The molecule has 0 fully saturated rings. The molecule has 16 heavy (non-hydrogen) atoms. The van der Waals surface area contributed by atoms with Crippen molar-refractivity contribution in [2.45, 2.75) is 6.54 Å². The van der Waals surface area contributed by atoms with Crippen LogP contribution in [-0.2, 0) is 6.54 Å². The lowest BCUT2D eigenvalue weighted by Gasteiger charge is -2.03. The minimum atomic E-state index is -0.578. The Kier molecular flexibility index (Phi) is 3.37. The zero-order valence-electron chi connectivity index (χ0n) is 8.14. The van der Waals surface area contributed by atoms with Gasteiger partial charge in [0.05, 0.1) is 10.0 Å². The maximum absolute atomic E-state index is 13.7. The van der Waals surface area contributed by atoms with Gasteiger partial charge in [-0.15, -0.1) is 11.3 Å². The summed E-state index contributed by atoms with van der Waals surface area (Å²) in [6.07, 6.45) is 0. The van der Waals surface area contributed by atoms with Crippen molar-refractivity contribution in [3.8, 4) is 10.4 Å². The number of nitrogens with two attached hydrogens (primary N) is 1. The third kappa shape index (κ3) is 2.03. The molecule has 0 spiro atoms. The lowest BCUT2D eigenvalue weighted by molar-refractivity contribution is 0.586. The van der Waals surface area contributed by atoms with Crippen LogP contribution in [0.15, 0.2) is 28.7 Å². The number of halogens is 3. The van der Waals surface area contributed by atoms with Gasteiger partial charge in [-0.2, -0.15) is 0 Å². The van der Waals surface area contributed by atoms with Gasteiger partial charge in [-0.25, -0.2) is 8.78 Å². The average molecular weight is 304 g/mol. The normalized spacial score (nSPS) is 10.8. The van der Waals surface area contributed by atoms with E-state index in [1.165, 1.54) is 23.5 Å². The lowest BCUT2D eigenvalue weighted by atomic mass is 10.1. The molecule has 0 aliphatic heterocycles. The van der Waals surface area contributed by atoms with Crippen molar-refractivity contribution in [1.29, 1.82) is 0 Å². The summed E-state index contributed by atoms with van der Waals surface area (Å²) in [5.41, 5.74) is 5.46. The topological polar surface area (TPSA) is 26.0 Å². The van der Waals surface area contributed by atoms with Crippen LogP contribution in [0.2, 0.25) is 0 Å². The number of hydrogen-bond donors (Lipinski definition) is 1. The summed E-state index contributed by atoms with van der Waals surface area (Å²) in [5.74, 6) is -1.14. The maximum atomic E-state index is 13.7. The van der Waals surface area contributed by atoms with Gasteiger partial charge >= 0.3 is 0 Å². The first kappa shape index (κ1) is 11.7. The van der Waals surface area contributed by atoms with Crippen LogP contribution in [0, 0.1) is 11.6 Å². The predicted octanol–water partition coefficient (Wildman–Crippen LogP) is 3.91. The molecule has 0 amide bonds. The van der Waals surface area contributed by atoms with Crippen molar-refractivity contribution < 1.29 is 8.78 Å². The summed E-state index contributed by atoms with van der Waals surface area (Å²) < 4.78 is 27.6. The minimum Gasteiger partial charge on any atom is -0.326 e. The molecule has 0 saturated carbocycles. The Morgan fingerprint density at radius 2 is 1.94 bits per heavy atom. The Balaban J connectivity index is 2.58. The zero-order valence-corrected chi connectivity index (χ0v) is 10.5. The molecule has 0 aliphatic carbocycles. The average Bonchev–Trinajstić information content (AvgIpc) is 2.73. The van der Waals surface area contributed by atoms with Crippen molar-refractivity contribution in [3.05, 3.63) is 45.2 Å². The molecule has 1 nitrogen and oxygen atoms in total. The monoisotopic (exact) mass is 303 g/mol. The van der Waals surface area contributed by atoms with E-state index in [9.17, 15) is 8.78 Å². The molecule has 84 valence electrons. The second-order valence-corrected chi connectivity index (χ2v) is 5.21. The van der Waals surface area contributed by atoms with Gasteiger partial charge in [0.15, 0.2) is 0 Å². The smallest absolute Gasteiger partial charge is 0.148 e. The van der Waals surface area contributed by atoms with E-state index < -0.39 is 11.6 Å². The summed E-state index contributed by atoms with van der Waals surface area (Å²) in [4.78, 5) is 1.45. The Morgan fingerprint density at radius 1 is 1.19 bits per heavy atom. The second-order valence-electron chi connectivity index (χ2n) is 3.19. The van der Waals surface area contributed by atoms with Crippen molar-refractivity contribution >= 4 is 27.3 Å². The lowest BCUT2D eigenvalue weighted by Crippen LogP contribution is -1.91. The number of benzene rings is 1. The van der Waals surface area contributed by atoms with Gasteiger partial charge in [0.25, 0.3) is 0 Å². The van der Waals surface area contributed by atoms with E-state index in [4.69, 9.17) is 5.73 Å². The van der Waals surface area contributed by atoms with E-state index >= 15 is 0 Å². The molecule has 1 aromatic heterocycles. The Labute approximate surface area is 104 Å². The first-order valence-electron chi connectivity index (χ1n) is 4.56. The summed E-state index contributed by atoms with van der Waals surface area (Å²) >= 11 is 4.34. The van der Waals surface area contributed by atoms with Crippen LogP contribution in [0.5, 0.6) is 0 Å². The third-order valence-corrected chi connectivity index (χ3v) is 3.89. The van der Waals surface area contributed by atoms with Gasteiger partial charge in [0, 0.05) is 16.3 Å². The Morgan fingerprint density at radius 3 is 2.56 bits per heavy atom. The van der Waals surface area contributed by atoms with Crippen LogP contribution in [0.25, 0.3) is 10.4 Å². The van der Waals surface area contributed by atoms with Crippen LogP contribution in [0.4, 0.5) is 8.78 Å². The highest BCUT2D eigenvalue weighted by molar-refractivity contribution is 9.10. The largest absolute Gasteiger partial charge is 0.326 e. The molecule has 1 heterocycles. The maximum Gasteiger partial charge on any atom is 0.148 e. The second kappa shape index (κ2) is 4.61. The van der Waals surface area contributed by atoms with Gasteiger partial charge in [-0.05, 0) is 40.2 Å². The van der Waals surface area contributed by atoms with E-state index in [2.05, 4.69) is 15.9 Å². The summed E-state index contributed by atoms with van der Waals surface area (Å²) in [6, 6.07) is 6.05. The van der Waals surface area contributed by atoms with Crippen LogP contribution in [-0.4, -0.2) is 0 Å². The Bertz CT molecular complexity index is 525. The molecule has 5 heteroatoms. The standard InChI is InChI=1S/C11H8BrF2NS/c12-7-2-3-8(13)10(11(7)14)9-4-1-6(5-15)16-9/h1-4H,5,15H2. The third-order valence-electron chi connectivity index (χ3n) is 2.15. The molecule has 0 bridgehead atoms. The van der Waals surface area contributed by atoms with Gasteiger partial charge in [0.2, 0.25) is 0 Å². The SMILES string of the molecule is NCc1ccc(-c2c(F)ccc(Br)c2F)s1. The predicted molar refractivity (Wildman–Crippen MR) is 65.3 cm³/mol. The highest BCUT2D eigenvalue weighted by atomic mass is 79.9. The van der Waals surface area contributed by atoms with Crippen LogP contribution in [0.1, 0.15) is 4.88 Å². The summed E-state index contributed by atoms with van der Waals surface area (Å²) in [6.45, 7) is 0.377. The highest BCUT2D eigenvalue weighted by Gasteiger charge is 2.15. The van der Waals surface area contributed by atoms with Crippen molar-refractivity contribution in [3.63, 3.8) is 0 Å². The molecule has 2 aromatic rings. The number of hydrogen-bond acceptors (Lipinski definition) is 2. The van der Waals surface area contributed by atoms with Crippen molar-refractivity contribution in [2.75, 3.05) is 0 Å². The quantitative estimate of drug-likeness (QED) is 0.836. The van der Waals surface area contributed by atoms with Crippen LogP contribution >= 0.6 is 27.3 Å². The number of thiophene rings is 1. The van der Waals surface area contributed by atoms with Gasteiger partial charge in [0.1, 0.15) is 11.6 Å². The minimum absolute atomic E-state index is 0.000856. The van der Waals surface area contributed by atoms with E-state index in [1.54, 1.807) is 12.1 Å². The molecule has 1 aromatic carbocycles. The molecule has 0 radical (unpaired) electrons. The zero-order chi connectivity index (χ0) is 11.7. The molecular formula is C11H8BrF2NS. The molecule has 0 saturated heterocycles. The van der Waals surface area contributed by atoms with E-state index in [1.807, 2.05) is 0 Å². The fraction of sp³-hybridized carbons (Fsp3) is 0.0909. The van der Waals surface area contributed by atoms with E-state index in [-0.39, 0.29) is 10.0 Å². The van der Waals surface area contributed by atoms with Crippen molar-refractivity contribution in [1.82, 2.24) is 0 Å². The molecular weight excluding hydrogens is 296 g/mol. The molecule has 2 rings (SSSR count). The van der Waals surface area contributed by atoms with Crippen LogP contribution in [0.3, 0.4) is 0 Å². The Hall–Kier alpha value is -0.780. The van der Waals surface area contributed by atoms with Gasteiger partial charge in [-0.1, -0.05) is 0 Å². The van der Waals surface area contributed by atoms with Crippen LogP contribution < -0.4 is 5.73 Å². The first-order chi connectivity index (χ1) is 7.63. The highest BCUT2D eigenvalue weighted by Crippen LogP contribution is 2.34. The molecule has 0 atom stereocenters. The van der Waals surface area contributed by atoms with Crippen molar-refractivity contribution in [2.24, 2.45) is 5.73 Å². The fourth-order valence-corrected chi connectivity index (χ4v) is 2.63. The molecule has 2 N–H and O–H groups in total. The summed E-state index contributed by atoms with van der Waals surface area (Å²) in [7, 11) is 0. The fourth-order valence-electron chi connectivity index (χ4n) is 1.37. The van der Waals surface area contributed by atoms with E-state index in [0.717, 1.165) is 4.88 Å². The summed E-state index contributed by atoms with van der Waals surface area (Å²) in [5, 5.41) is 0. The van der Waals surface area contributed by atoms with Gasteiger partial charge < -0.3 is 5.73 Å². The first-order valence-corrected chi connectivity index (χ1v) is 6.17. The molecule has 0 unspecified atom stereocenters. The van der Waals surface area contributed by atoms with Gasteiger partial charge in [-0.3, -0.25) is 0 Å². The van der Waals surface area contributed by atoms with E-state index in [0.29, 0.717) is 11.4 Å². The molecule has 0 aliphatic rings.